The molecule has 0 unspecified atom stereocenters. The number of anilines is 1. The van der Waals surface area contributed by atoms with Gasteiger partial charge in [0, 0.05) is 44.2 Å². The van der Waals surface area contributed by atoms with E-state index in [1.54, 1.807) is 23.5 Å². The zero-order valence-electron chi connectivity index (χ0n) is 16.3. The summed E-state index contributed by atoms with van der Waals surface area (Å²) in [6, 6.07) is 12.1. The summed E-state index contributed by atoms with van der Waals surface area (Å²) in [6.07, 6.45) is 0. The number of amides is 1. The average Bonchev–Trinajstić information content (AvgIpc) is 3.20. The second-order valence-corrected chi connectivity index (χ2v) is 9.47. The van der Waals surface area contributed by atoms with Crippen LogP contribution in [-0.4, -0.2) is 60.8 Å². The summed E-state index contributed by atoms with van der Waals surface area (Å²) in [5, 5.41) is 4.68. The summed E-state index contributed by atoms with van der Waals surface area (Å²) in [4.78, 5) is 22.3. The summed E-state index contributed by atoms with van der Waals surface area (Å²) in [6.45, 7) is 5.14. The van der Waals surface area contributed by atoms with E-state index in [9.17, 15) is 9.18 Å². The van der Waals surface area contributed by atoms with Crippen LogP contribution in [0.3, 0.4) is 0 Å². The van der Waals surface area contributed by atoms with Crippen LogP contribution in [0.4, 0.5) is 9.52 Å². The number of carbonyl (C=O) groups is 1. The number of nitrogens with zero attached hydrogens (tertiary/aromatic N) is 3. The Hall–Kier alpha value is -1.87. The van der Waals surface area contributed by atoms with Crippen LogP contribution in [0.5, 0.6) is 0 Å². The van der Waals surface area contributed by atoms with Gasteiger partial charge in [0.05, 0.1) is 15.5 Å². The van der Waals surface area contributed by atoms with Crippen LogP contribution < -0.4 is 10.2 Å². The van der Waals surface area contributed by atoms with Crippen LogP contribution in [0.2, 0.25) is 5.02 Å². The Bertz CT molecular complexity index is 1010. The van der Waals surface area contributed by atoms with Crippen molar-refractivity contribution < 1.29 is 9.18 Å². The number of thiazole rings is 1. The molecule has 1 aliphatic heterocycles. The summed E-state index contributed by atoms with van der Waals surface area (Å²) in [5.41, 5.74) is 0.878. The lowest BCUT2D eigenvalue weighted by atomic mass is 10.3. The molecule has 2 aromatic carbocycles. The molecule has 1 N–H and O–H groups in total. The SMILES string of the molecule is O=C(CSc1ccc(F)cc1)NCCN1CCN(c2nc3c(Cl)cccc3s2)CC1. The van der Waals surface area contributed by atoms with E-state index < -0.39 is 0 Å². The van der Waals surface area contributed by atoms with E-state index in [0.29, 0.717) is 17.3 Å². The molecule has 0 spiro atoms. The van der Waals surface area contributed by atoms with Crippen LogP contribution in [0.15, 0.2) is 47.4 Å². The minimum Gasteiger partial charge on any atom is -0.354 e. The van der Waals surface area contributed by atoms with Gasteiger partial charge in [-0.1, -0.05) is 29.0 Å². The van der Waals surface area contributed by atoms with Crippen molar-refractivity contribution >= 4 is 56.0 Å². The van der Waals surface area contributed by atoms with E-state index in [2.05, 4.69) is 21.2 Å². The average molecular weight is 465 g/mol. The summed E-state index contributed by atoms with van der Waals surface area (Å²) >= 11 is 9.33. The smallest absolute Gasteiger partial charge is 0.230 e. The van der Waals surface area contributed by atoms with Gasteiger partial charge in [-0.25, -0.2) is 9.37 Å². The zero-order chi connectivity index (χ0) is 20.9. The van der Waals surface area contributed by atoms with E-state index in [-0.39, 0.29) is 11.7 Å². The van der Waals surface area contributed by atoms with E-state index in [1.807, 2.05) is 12.1 Å². The highest BCUT2D eigenvalue weighted by molar-refractivity contribution is 8.00. The number of thioether (sulfide) groups is 1. The van der Waals surface area contributed by atoms with Crippen molar-refractivity contribution in [1.29, 1.82) is 0 Å². The predicted octanol–water partition coefficient (Wildman–Crippen LogP) is 4.12. The van der Waals surface area contributed by atoms with Crippen molar-refractivity contribution in [2.45, 2.75) is 4.90 Å². The fraction of sp³-hybridized carbons (Fsp3) is 0.333. The van der Waals surface area contributed by atoms with Gasteiger partial charge in [0.2, 0.25) is 5.91 Å². The molecule has 4 rings (SSSR count). The Labute approximate surface area is 188 Å². The van der Waals surface area contributed by atoms with E-state index in [0.717, 1.165) is 53.0 Å². The second kappa shape index (κ2) is 9.96. The normalized spacial score (nSPS) is 14.9. The summed E-state index contributed by atoms with van der Waals surface area (Å²) in [7, 11) is 0. The molecule has 1 aromatic heterocycles. The number of halogens is 2. The van der Waals surface area contributed by atoms with Crippen LogP contribution in [0, 0.1) is 5.82 Å². The third-order valence-corrected chi connectivity index (χ3v) is 7.33. The molecular weight excluding hydrogens is 443 g/mol. The number of piperazine rings is 1. The molecule has 1 fully saturated rings. The Morgan fingerprint density at radius 2 is 1.93 bits per heavy atom. The number of hydrogen-bond acceptors (Lipinski definition) is 6. The van der Waals surface area contributed by atoms with E-state index >= 15 is 0 Å². The van der Waals surface area contributed by atoms with Gasteiger partial charge in [-0.3, -0.25) is 9.69 Å². The first-order chi connectivity index (χ1) is 14.6. The van der Waals surface area contributed by atoms with Gasteiger partial charge >= 0.3 is 0 Å². The van der Waals surface area contributed by atoms with Crippen molar-refractivity contribution in [2.75, 3.05) is 49.9 Å². The summed E-state index contributed by atoms with van der Waals surface area (Å²) < 4.78 is 14.0. The first kappa shape index (κ1) is 21.4. The van der Waals surface area contributed by atoms with Crippen LogP contribution in [-0.2, 0) is 4.79 Å². The minimum absolute atomic E-state index is 0.00526. The third kappa shape index (κ3) is 5.43. The number of aromatic nitrogens is 1. The quantitative estimate of drug-likeness (QED) is 0.533. The fourth-order valence-corrected chi connectivity index (χ4v) is 5.33. The van der Waals surface area contributed by atoms with E-state index in [4.69, 9.17) is 16.6 Å². The lowest BCUT2D eigenvalue weighted by Crippen LogP contribution is -2.48. The molecule has 1 saturated heterocycles. The predicted molar refractivity (Wildman–Crippen MR) is 123 cm³/mol. The highest BCUT2D eigenvalue weighted by atomic mass is 35.5. The van der Waals surface area contributed by atoms with Gasteiger partial charge in [0.1, 0.15) is 11.3 Å². The molecule has 9 heteroatoms. The topological polar surface area (TPSA) is 48.5 Å². The Morgan fingerprint density at radius 1 is 1.17 bits per heavy atom. The molecule has 0 atom stereocenters. The molecule has 30 heavy (non-hydrogen) atoms. The van der Waals surface area contributed by atoms with E-state index in [1.165, 1.54) is 23.9 Å². The second-order valence-electron chi connectivity index (χ2n) is 7.00. The molecule has 0 saturated carbocycles. The third-order valence-electron chi connectivity index (χ3n) is 4.94. The molecule has 1 amide bonds. The Kier molecular flexibility index (Phi) is 7.09. The van der Waals surface area contributed by atoms with Gasteiger partial charge < -0.3 is 10.2 Å². The van der Waals surface area contributed by atoms with Crippen LogP contribution >= 0.6 is 34.7 Å². The first-order valence-corrected chi connectivity index (χ1v) is 11.9. The number of fused-ring (bicyclic) bond motifs is 1. The minimum atomic E-state index is -0.268. The molecule has 0 aliphatic carbocycles. The molecule has 1 aliphatic rings. The Balaban J connectivity index is 1.17. The first-order valence-electron chi connectivity index (χ1n) is 9.76. The fourth-order valence-electron chi connectivity index (χ4n) is 3.29. The maximum atomic E-state index is 12.9. The highest BCUT2D eigenvalue weighted by Gasteiger charge is 2.20. The van der Waals surface area contributed by atoms with Crippen molar-refractivity contribution in [2.24, 2.45) is 0 Å². The van der Waals surface area contributed by atoms with Gasteiger partial charge in [-0.2, -0.15) is 0 Å². The lowest BCUT2D eigenvalue weighted by Gasteiger charge is -2.34. The zero-order valence-corrected chi connectivity index (χ0v) is 18.7. The van der Waals surface area contributed by atoms with Crippen molar-refractivity contribution in [3.63, 3.8) is 0 Å². The molecule has 3 aromatic rings. The van der Waals surface area contributed by atoms with Crippen molar-refractivity contribution in [3.8, 4) is 0 Å². The highest BCUT2D eigenvalue weighted by Crippen LogP contribution is 2.33. The molecule has 0 radical (unpaired) electrons. The monoisotopic (exact) mass is 464 g/mol. The van der Waals surface area contributed by atoms with Gasteiger partial charge in [-0.15, -0.1) is 11.8 Å². The van der Waals surface area contributed by atoms with Gasteiger partial charge in [0.15, 0.2) is 5.13 Å². The number of nitrogens with one attached hydrogen (secondary N) is 1. The molecule has 5 nitrogen and oxygen atoms in total. The number of hydrogen-bond donors (Lipinski definition) is 1. The number of benzene rings is 2. The molecule has 0 bridgehead atoms. The van der Waals surface area contributed by atoms with Crippen molar-refractivity contribution in [3.05, 3.63) is 53.3 Å². The molecule has 158 valence electrons. The number of carbonyl (C=O) groups excluding carboxylic acids is 1. The maximum Gasteiger partial charge on any atom is 0.230 e. The largest absolute Gasteiger partial charge is 0.354 e. The molecule has 2 heterocycles. The van der Waals surface area contributed by atoms with Crippen LogP contribution in [0.1, 0.15) is 0 Å². The van der Waals surface area contributed by atoms with Crippen molar-refractivity contribution in [1.82, 2.24) is 15.2 Å². The summed E-state index contributed by atoms with van der Waals surface area (Å²) in [5.74, 6) is 0.0599. The number of para-hydroxylation sites is 1. The lowest BCUT2D eigenvalue weighted by molar-refractivity contribution is -0.118. The Morgan fingerprint density at radius 3 is 2.67 bits per heavy atom. The maximum absolute atomic E-state index is 12.9. The molecular formula is C21H22ClFN4OS2. The van der Waals surface area contributed by atoms with Gasteiger partial charge in [0.25, 0.3) is 0 Å². The number of rotatable bonds is 7. The van der Waals surface area contributed by atoms with Gasteiger partial charge in [-0.05, 0) is 36.4 Å². The standard InChI is InChI=1S/C21H22ClFN4OS2/c22-17-2-1-3-18-20(17)25-21(30-18)27-12-10-26(11-13-27)9-8-24-19(28)14-29-16-6-4-15(23)5-7-16/h1-7H,8-14H2,(H,24,28). The van der Waals surface area contributed by atoms with Crippen LogP contribution in [0.25, 0.3) is 10.2 Å².